The normalized spacial score (nSPS) is 12.5. The predicted octanol–water partition coefficient (Wildman–Crippen LogP) is 4.11. The molecule has 6 heteroatoms. The van der Waals surface area contributed by atoms with Gasteiger partial charge in [0.25, 0.3) is 5.69 Å². The SMILES string of the molecule is CC(CCl)CSc1ccc([N+](=O)[O-])c2ccncc12. The van der Waals surface area contributed by atoms with Crippen molar-refractivity contribution in [3.05, 3.63) is 40.7 Å². The molecule has 0 aliphatic carbocycles. The number of fused-ring (bicyclic) bond motifs is 1. The summed E-state index contributed by atoms with van der Waals surface area (Å²) in [6.07, 6.45) is 3.25. The first kappa shape index (κ1) is 14.1. The van der Waals surface area contributed by atoms with Crippen LogP contribution in [0.3, 0.4) is 0 Å². The Hall–Kier alpha value is -1.33. The Balaban J connectivity index is 2.41. The van der Waals surface area contributed by atoms with E-state index in [1.807, 2.05) is 0 Å². The van der Waals surface area contributed by atoms with Gasteiger partial charge in [0.1, 0.15) is 0 Å². The van der Waals surface area contributed by atoms with E-state index in [1.54, 1.807) is 42.4 Å². The van der Waals surface area contributed by atoms with Gasteiger partial charge in [-0.15, -0.1) is 23.4 Å². The number of hydrogen-bond acceptors (Lipinski definition) is 4. The fourth-order valence-corrected chi connectivity index (χ4v) is 3.01. The Kier molecular flexibility index (Phi) is 4.61. The Morgan fingerprint density at radius 3 is 2.89 bits per heavy atom. The summed E-state index contributed by atoms with van der Waals surface area (Å²) in [5, 5.41) is 12.5. The number of nitrogens with zero attached hydrogens (tertiary/aromatic N) is 2. The minimum absolute atomic E-state index is 0.118. The summed E-state index contributed by atoms with van der Waals surface area (Å²) in [5.74, 6) is 1.88. The number of rotatable bonds is 5. The molecule has 0 aliphatic heterocycles. The maximum atomic E-state index is 11.0. The quantitative estimate of drug-likeness (QED) is 0.360. The number of halogens is 1. The van der Waals surface area contributed by atoms with Crippen LogP contribution >= 0.6 is 23.4 Å². The first-order valence-corrected chi connectivity index (χ1v) is 7.35. The van der Waals surface area contributed by atoms with Crippen molar-refractivity contribution in [3.63, 3.8) is 0 Å². The highest BCUT2D eigenvalue weighted by Crippen LogP contribution is 2.33. The first-order valence-electron chi connectivity index (χ1n) is 5.83. The number of non-ortho nitro benzene ring substituents is 1. The number of alkyl halides is 1. The topological polar surface area (TPSA) is 56.0 Å². The molecule has 0 N–H and O–H groups in total. The van der Waals surface area contributed by atoms with E-state index in [2.05, 4.69) is 11.9 Å². The highest BCUT2D eigenvalue weighted by Gasteiger charge is 2.14. The molecule has 0 fully saturated rings. The molecule has 100 valence electrons. The Labute approximate surface area is 120 Å². The molecule has 0 aliphatic rings. The van der Waals surface area contributed by atoms with Crippen molar-refractivity contribution in [3.8, 4) is 0 Å². The van der Waals surface area contributed by atoms with Crippen LogP contribution in [0.25, 0.3) is 10.8 Å². The van der Waals surface area contributed by atoms with Gasteiger partial charge in [-0.05, 0) is 18.1 Å². The third-order valence-corrected chi connectivity index (χ3v) is 4.67. The summed E-state index contributed by atoms with van der Waals surface area (Å²) in [4.78, 5) is 15.7. The van der Waals surface area contributed by atoms with Crippen LogP contribution in [0.4, 0.5) is 5.69 Å². The second kappa shape index (κ2) is 6.21. The van der Waals surface area contributed by atoms with Crippen LogP contribution in [0.2, 0.25) is 0 Å². The molecule has 0 radical (unpaired) electrons. The van der Waals surface area contributed by atoms with Crippen molar-refractivity contribution < 1.29 is 4.92 Å². The van der Waals surface area contributed by atoms with Crippen molar-refractivity contribution >= 4 is 39.8 Å². The summed E-state index contributed by atoms with van der Waals surface area (Å²) in [7, 11) is 0. The minimum atomic E-state index is -0.363. The first-order chi connectivity index (χ1) is 9.13. The molecule has 4 nitrogen and oxygen atoms in total. The van der Waals surface area contributed by atoms with Gasteiger partial charge in [-0.3, -0.25) is 15.1 Å². The predicted molar refractivity (Wildman–Crippen MR) is 79.0 cm³/mol. The van der Waals surface area contributed by atoms with Crippen LogP contribution in [-0.4, -0.2) is 21.5 Å². The van der Waals surface area contributed by atoms with E-state index in [4.69, 9.17) is 11.6 Å². The zero-order valence-corrected chi connectivity index (χ0v) is 11.9. The van der Waals surface area contributed by atoms with E-state index in [1.165, 1.54) is 0 Å². The fourth-order valence-electron chi connectivity index (χ4n) is 1.71. The van der Waals surface area contributed by atoms with Gasteiger partial charge in [0.2, 0.25) is 0 Å². The lowest BCUT2D eigenvalue weighted by atomic mass is 10.1. The smallest absolute Gasteiger partial charge is 0.264 e. The minimum Gasteiger partial charge on any atom is -0.264 e. The second-order valence-corrected chi connectivity index (χ2v) is 5.70. The van der Waals surface area contributed by atoms with Gasteiger partial charge in [0.05, 0.1) is 10.3 Å². The summed E-state index contributed by atoms with van der Waals surface area (Å²) in [6.45, 7) is 2.08. The van der Waals surface area contributed by atoms with Gasteiger partial charge in [0.15, 0.2) is 0 Å². The molecular formula is C13H13ClN2O2S. The van der Waals surface area contributed by atoms with Gasteiger partial charge < -0.3 is 0 Å². The molecule has 0 spiro atoms. The molecule has 0 amide bonds. The molecule has 1 aromatic carbocycles. The van der Waals surface area contributed by atoms with E-state index in [0.29, 0.717) is 17.2 Å². The molecule has 1 aromatic heterocycles. The van der Waals surface area contributed by atoms with Gasteiger partial charge >= 0.3 is 0 Å². The summed E-state index contributed by atoms with van der Waals surface area (Å²) >= 11 is 7.44. The number of hydrogen-bond donors (Lipinski definition) is 0. The van der Waals surface area contributed by atoms with E-state index >= 15 is 0 Å². The van der Waals surface area contributed by atoms with E-state index < -0.39 is 0 Å². The third-order valence-electron chi connectivity index (χ3n) is 2.74. The molecule has 19 heavy (non-hydrogen) atoms. The Bertz CT molecular complexity index is 606. The van der Waals surface area contributed by atoms with Crippen LogP contribution < -0.4 is 0 Å². The molecule has 1 heterocycles. The van der Waals surface area contributed by atoms with Gasteiger partial charge in [-0.2, -0.15) is 0 Å². The molecule has 2 aromatic rings. The number of nitro groups is 1. The lowest BCUT2D eigenvalue weighted by Gasteiger charge is -2.09. The Morgan fingerprint density at radius 2 is 2.21 bits per heavy atom. The van der Waals surface area contributed by atoms with Gasteiger partial charge in [-0.25, -0.2) is 0 Å². The lowest BCUT2D eigenvalue weighted by Crippen LogP contribution is -1.99. The molecule has 0 saturated carbocycles. The lowest BCUT2D eigenvalue weighted by molar-refractivity contribution is -0.383. The van der Waals surface area contributed by atoms with Gasteiger partial charge in [0, 0.05) is 40.4 Å². The number of aromatic nitrogens is 1. The average molecular weight is 297 g/mol. The Morgan fingerprint density at radius 1 is 1.42 bits per heavy atom. The summed E-state index contributed by atoms with van der Waals surface area (Å²) in [5.41, 5.74) is 0.118. The van der Waals surface area contributed by atoms with Gasteiger partial charge in [-0.1, -0.05) is 6.92 Å². The zero-order chi connectivity index (χ0) is 13.8. The molecule has 1 unspecified atom stereocenters. The van der Waals surface area contributed by atoms with Crippen LogP contribution in [0, 0.1) is 16.0 Å². The third kappa shape index (κ3) is 3.16. The second-order valence-electron chi connectivity index (χ2n) is 4.33. The monoisotopic (exact) mass is 296 g/mol. The molecule has 1 atom stereocenters. The highest BCUT2D eigenvalue weighted by atomic mass is 35.5. The van der Waals surface area contributed by atoms with Crippen molar-refractivity contribution in [1.29, 1.82) is 0 Å². The number of pyridine rings is 1. The van der Waals surface area contributed by atoms with Crippen LogP contribution in [-0.2, 0) is 0 Å². The highest BCUT2D eigenvalue weighted by molar-refractivity contribution is 7.99. The molecular weight excluding hydrogens is 284 g/mol. The summed E-state index contributed by atoms with van der Waals surface area (Å²) in [6, 6.07) is 5.02. The van der Waals surface area contributed by atoms with Crippen LogP contribution in [0.5, 0.6) is 0 Å². The van der Waals surface area contributed by atoms with Crippen molar-refractivity contribution in [2.24, 2.45) is 5.92 Å². The van der Waals surface area contributed by atoms with Crippen LogP contribution in [0.15, 0.2) is 35.5 Å². The molecule has 0 saturated heterocycles. The average Bonchev–Trinajstić information content (AvgIpc) is 2.43. The standard InChI is InChI=1S/C13H13ClN2O2S/c1-9(6-14)8-19-13-3-2-12(16(17)18)10-4-5-15-7-11(10)13/h2-5,7,9H,6,8H2,1H3. The van der Waals surface area contributed by atoms with E-state index in [9.17, 15) is 10.1 Å². The fraction of sp³-hybridized carbons (Fsp3) is 0.308. The molecule has 0 bridgehead atoms. The maximum Gasteiger partial charge on any atom is 0.277 e. The summed E-state index contributed by atoms with van der Waals surface area (Å²) < 4.78 is 0. The maximum absolute atomic E-state index is 11.0. The van der Waals surface area contributed by atoms with E-state index in [-0.39, 0.29) is 10.6 Å². The van der Waals surface area contributed by atoms with Crippen molar-refractivity contribution in [1.82, 2.24) is 4.98 Å². The van der Waals surface area contributed by atoms with Crippen molar-refractivity contribution in [2.75, 3.05) is 11.6 Å². The largest absolute Gasteiger partial charge is 0.277 e. The van der Waals surface area contributed by atoms with E-state index in [0.717, 1.165) is 16.0 Å². The number of nitro benzene ring substituents is 1. The number of benzene rings is 1. The number of thioether (sulfide) groups is 1. The molecule has 2 rings (SSSR count). The van der Waals surface area contributed by atoms with Crippen molar-refractivity contribution in [2.45, 2.75) is 11.8 Å². The van der Waals surface area contributed by atoms with Crippen LogP contribution in [0.1, 0.15) is 6.92 Å². The zero-order valence-electron chi connectivity index (χ0n) is 10.4.